The molecule has 0 aliphatic rings. The molecular formula is C17H19BrN2O2. The average Bonchev–Trinajstić information content (AvgIpc) is 2.74. The fraction of sp³-hybridized carbons (Fsp3) is 0.294. The summed E-state index contributed by atoms with van der Waals surface area (Å²) in [7, 11) is 0. The number of allylic oxidation sites excluding steroid dienone is 1. The third-order valence-corrected chi connectivity index (χ3v) is 4.01. The van der Waals surface area contributed by atoms with Gasteiger partial charge in [0.25, 0.3) is 5.91 Å². The fourth-order valence-electron chi connectivity index (χ4n) is 2.33. The van der Waals surface area contributed by atoms with E-state index in [0.29, 0.717) is 12.2 Å². The van der Waals surface area contributed by atoms with E-state index in [4.69, 9.17) is 4.74 Å². The van der Waals surface area contributed by atoms with Crippen molar-refractivity contribution in [3.63, 3.8) is 0 Å². The van der Waals surface area contributed by atoms with Gasteiger partial charge in [-0.3, -0.25) is 4.79 Å². The zero-order valence-corrected chi connectivity index (χ0v) is 14.6. The number of carbonyl (C=O) groups is 1. The Bertz CT molecular complexity index is 720. The minimum Gasteiger partial charge on any atom is -0.483 e. The van der Waals surface area contributed by atoms with E-state index in [0.717, 1.165) is 27.0 Å². The van der Waals surface area contributed by atoms with Crippen LogP contribution in [0.5, 0.6) is 5.75 Å². The van der Waals surface area contributed by atoms with Crippen LogP contribution in [-0.2, 0) is 6.42 Å². The number of carbonyl (C=O) groups excluding carboxylic acids is 1. The topological polar surface area (TPSA) is 44.1 Å². The van der Waals surface area contributed by atoms with Crippen LogP contribution < -0.4 is 4.74 Å². The molecule has 22 heavy (non-hydrogen) atoms. The summed E-state index contributed by atoms with van der Waals surface area (Å²) in [6.07, 6.45) is 2.52. The first-order chi connectivity index (χ1) is 10.4. The second kappa shape index (κ2) is 6.92. The van der Waals surface area contributed by atoms with Crippen molar-refractivity contribution in [3.05, 3.63) is 57.8 Å². The van der Waals surface area contributed by atoms with Gasteiger partial charge in [-0.05, 0) is 51.0 Å². The highest BCUT2D eigenvalue weighted by Gasteiger charge is 2.16. The molecule has 2 aromatic rings. The van der Waals surface area contributed by atoms with Crippen LogP contribution in [-0.4, -0.2) is 22.3 Å². The minimum atomic E-state index is -0.182. The van der Waals surface area contributed by atoms with E-state index in [1.54, 1.807) is 0 Å². The lowest BCUT2D eigenvalue weighted by Crippen LogP contribution is -2.22. The first-order valence-electron chi connectivity index (χ1n) is 7.02. The maximum atomic E-state index is 12.3. The van der Waals surface area contributed by atoms with Gasteiger partial charge in [-0.2, -0.15) is 5.10 Å². The molecule has 0 aliphatic heterocycles. The average molecular weight is 363 g/mol. The van der Waals surface area contributed by atoms with Crippen molar-refractivity contribution >= 4 is 21.8 Å². The highest BCUT2D eigenvalue weighted by Crippen LogP contribution is 2.22. The Morgan fingerprint density at radius 3 is 2.77 bits per heavy atom. The Labute approximate surface area is 138 Å². The van der Waals surface area contributed by atoms with Crippen LogP contribution in [0.2, 0.25) is 0 Å². The van der Waals surface area contributed by atoms with Crippen LogP contribution in [0.4, 0.5) is 0 Å². The van der Waals surface area contributed by atoms with E-state index in [9.17, 15) is 4.79 Å². The molecule has 116 valence electrons. The van der Waals surface area contributed by atoms with Gasteiger partial charge in [0.05, 0.1) is 5.69 Å². The summed E-state index contributed by atoms with van der Waals surface area (Å²) in [6, 6.07) is 5.68. The molecule has 4 nitrogen and oxygen atoms in total. The third kappa shape index (κ3) is 3.47. The number of benzene rings is 1. The molecule has 0 spiro atoms. The first-order valence-corrected chi connectivity index (χ1v) is 7.81. The number of rotatable bonds is 5. The van der Waals surface area contributed by atoms with Crippen molar-refractivity contribution < 1.29 is 9.53 Å². The van der Waals surface area contributed by atoms with E-state index in [-0.39, 0.29) is 12.5 Å². The normalized spacial score (nSPS) is 10.5. The Morgan fingerprint density at radius 1 is 1.41 bits per heavy atom. The van der Waals surface area contributed by atoms with Crippen molar-refractivity contribution in [2.45, 2.75) is 27.2 Å². The molecule has 0 N–H and O–H groups in total. The van der Waals surface area contributed by atoms with E-state index in [2.05, 4.69) is 27.6 Å². The number of aryl methyl sites for hydroxylation is 2. The maximum absolute atomic E-state index is 12.3. The molecular weight excluding hydrogens is 344 g/mol. The quantitative estimate of drug-likeness (QED) is 0.754. The Kier molecular flexibility index (Phi) is 5.19. The summed E-state index contributed by atoms with van der Waals surface area (Å²) in [6.45, 7) is 9.42. The second-order valence-electron chi connectivity index (χ2n) is 5.15. The van der Waals surface area contributed by atoms with Crippen molar-refractivity contribution in [2.75, 3.05) is 6.61 Å². The van der Waals surface area contributed by atoms with Gasteiger partial charge in [0, 0.05) is 15.7 Å². The highest BCUT2D eigenvalue weighted by atomic mass is 79.9. The van der Waals surface area contributed by atoms with Gasteiger partial charge in [0.2, 0.25) is 0 Å². The van der Waals surface area contributed by atoms with Crippen molar-refractivity contribution in [1.29, 1.82) is 0 Å². The SMILES string of the molecule is C=CCc1c(C)nn(C(=O)COc2ccc(Br)cc2C)c1C. The van der Waals surface area contributed by atoms with Crippen LogP contribution in [0.25, 0.3) is 0 Å². The summed E-state index contributed by atoms with van der Waals surface area (Å²) in [5.74, 6) is 0.516. The lowest BCUT2D eigenvalue weighted by atomic mass is 10.1. The highest BCUT2D eigenvalue weighted by molar-refractivity contribution is 9.10. The molecule has 1 aromatic carbocycles. The van der Waals surface area contributed by atoms with Crippen LogP contribution in [0.1, 0.15) is 27.3 Å². The van der Waals surface area contributed by atoms with Gasteiger partial charge in [-0.15, -0.1) is 6.58 Å². The minimum absolute atomic E-state index is 0.0437. The molecule has 0 radical (unpaired) electrons. The Balaban J connectivity index is 2.13. The number of halogens is 1. The van der Waals surface area contributed by atoms with E-state index in [1.165, 1.54) is 4.68 Å². The summed E-state index contributed by atoms with van der Waals surface area (Å²) in [5.41, 5.74) is 3.72. The number of nitrogens with zero attached hydrogens (tertiary/aromatic N) is 2. The molecule has 2 rings (SSSR count). The number of hydrogen-bond acceptors (Lipinski definition) is 3. The number of ether oxygens (including phenoxy) is 1. The van der Waals surface area contributed by atoms with Gasteiger partial charge in [-0.25, -0.2) is 4.68 Å². The molecule has 0 saturated heterocycles. The van der Waals surface area contributed by atoms with Crippen LogP contribution in [0.3, 0.4) is 0 Å². The zero-order valence-electron chi connectivity index (χ0n) is 13.0. The van der Waals surface area contributed by atoms with E-state index >= 15 is 0 Å². The second-order valence-corrected chi connectivity index (χ2v) is 6.06. The molecule has 0 saturated carbocycles. The van der Waals surface area contributed by atoms with Crippen LogP contribution in [0.15, 0.2) is 35.3 Å². The summed E-state index contributed by atoms with van der Waals surface area (Å²) in [5, 5.41) is 4.31. The smallest absolute Gasteiger partial charge is 0.284 e. The molecule has 1 aromatic heterocycles. The molecule has 0 bridgehead atoms. The maximum Gasteiger partial charge on any atom is 0.284 e. The predicted octanol–water partition coefficient (Wildman–Crippen LogP) is 4.02. The van der Waals surface area contributed by atoms with E-state index < -0.39 is 0 Å². The standard InChI is InChI=1S/C17H19BrN2O2/c1-5-6-15-12(3)19-20(13(15)4)17(21)10-22-16-8-7-14(18)9-11(16)2/h5,7-9H,1,6,10H2,2-4H3. The largest absolute Gasteiger partial charge is 0.483 e. The van der Waals surface area contributed by atoms with Gasteiger partial charge in [0.1, 0.15) is 5.75 Å². The predicted molar refractivity (Wildman–Crippen MR) is 90.6 cm³/mol. The summed E-state index contributed by atoms with van der Waals surface area (Å²) < 4.78 is 8.02. The van der Waals surface area contributed by atoms with E-state index in [1.807, 2.05) is 45.0 Å². The van der Waals surface area contributed by atoms with Crippen molar-refractivity contribution in [2.24, 2.45) is 0 Å². The Hall–Kier alpha value is -1.88. The first kappa shape index (κ1) is 16.5. The molecule has 0 atom stereocenters. The summed E-state index contributed by atoms with van der Waals surface area (Å²) >= 11 is 3.40. The lowest BCUT2D eigenvalue weighted by Gasteiger charge is -2.09. The third-order valence-electron chi connectivity index (χ3n) is 3.51. The monoisotopic (exact) mass is 362 g/mol. The van der Waals surface area contributed by atoms with Crippen LogP contribution >= 0.6 is 15.9 Å². The van der Waals surface area contributed by atoms with Crippen molar-refractivity contribution in [3.8, 4) is 5.75 Å². The molecule has 0 unspecified atom stereocenters. The molecule has 0 aliphatic carbocycles. The molecule has 0 fully saturated rings. The molecule has 0 amide bonds. The number of hydrogen-bond donors (Lipinski definition) is 0. The summed E-state index contributed by atoms with van der Waals surface area (Å²) in [4.78, 5) is 12.3. The lowest BCUT2D eigenvalue weighted by molar-refractivity contribution is 0.0817. The van der Waals surface area contributed by atoms with Crippen molar-refractivity contribution in [1.82, 2.24) is 9.78 Å². The van der Waals surface area contributed by atoms with Gasteiger partial charge >= 0.3 is 0 Å². The zero-order chi connectivity index (χ0) is 16.3. The number of aromatic nitrogens is 2. The van der Waals surface area contributed by atoms with Gasteiger partial charge in [0.15, 0.2) is 6.61 Å². The fourth-order valence-corrected chi connectivity index (χ4v) is 2.81. The van der Waals surface area contributed by atoms with Crippen LogP contribution in [0, 0.1) is 20.8 Å². The molecule has 1 heterocycles. The van der Waals surface area contributed by atoms with Gasteiger partial charge < -0.3 is 4.74 Å². The molecule has 5 heteroatoms. The Morgan fingerprint density at radius 2 is 2.14 bits per heavy atom. The van der Waals surface area contributed by atoms with Gasteiger partial charge in [-0.1, -0.05) is 22.0 Å².